The lowest BCUT2D eigenvalue weighted by Gasteiger charge is -2.00. The van der Waals surface area contributed by atoms with E-state index in [-0.39, 0.29) is 5.69 Å². The van der Waals surface area contributed by atoms with Gasteiger partial charge < -0.3 is 0 Å². The van der Waals surface area contributed by atoms with Crippen molar-refractivity contribution in [1.29, 1.82) is 0 Å². The minimum Gasteiger partial charge on any atom is -0.258 e. The molecule has 0 aliphatic carbocycles. The molecule has 0 spiro atoms. The van der Waals surface area contributed by atoms with Gasteiger partial charge in [0.2, 0.25) is 0 Å². The molecule has 4 heteroatoms. The molecule has 14 heavy (non-hydrogen) atoms. The Kier molecular flexibility index (Phi) is 2.05. The molecule has 0 aliphatic rings. The lowest BCUT2D eigenvalue weighted by atomic mass is 10.1. The van der Waals surface area contributed by atoms with Gasteiger partial charge >= 0.3 is 0 Å². The van der Waals surface area contributed by atoms with Crippen LogP contribution in [0.25, 0.3) is 10.8 Å². The second-order valence-corrected chi connectivity index (χ2v) is 3.30. The number of nitro benzene ring substituents is 1. The smallest absolute Gasteiger partial charge is 0.258 e. The van der Waals surface area contributed by atoms with Crippen molar-refractivity contribution in [3.63, 3.8) is 0 Å². The molecule has 0 heterocycles. The van der Waals surface area contributed by atoms with Crippen molar-refractivity contribution in [1.82, 2.24) is 0 Å². The maximum Gasteiger partial charge on any atom is 0.287 e. The molecular weight excluding hydrogens is 198 g/mol. The largest absolute Gasteiger partial charge is 0.287 e. The van der Waals surface area contributed by atoms with Crippen molar-refractivity contribution in [2.24, 2.45) is 0 Å². The van der Waals surface area contributed by atoms with Gasteiger partial charge in [-0.15, -0.1) is 0 Å². The zero-order valence-electron chi connectivity index (χ0n) is 7.14. The van der Waals surface area contributed by atoms with Crippen LogP contribution < -0.4 is 0 Å². The summed E-state index contributed by atoms with van der Waals surface area (Å²) in [6, 6.07) is 10.5. The summed E-state index contributed by atoms with van der Waals surface area (Å²) in [6.07, 6.45) is 0. The van der Waals surface area contributed by atoms with Gasteiger partial charge in [0.05, 0.1) is 4.92 Å². The molecule has 3 nitrogen and oxygen atoms in total. The van der Waals surface area contributed by atoms with E-state index in [9.17, 15) is 10.1 Å². The summed E-state index contributed by atoms with van der Waals surface area (Å²) in [5.41, 5.74) is -0.00120. The van der Waals surface area contributed by atoms with Crippen LogP contribution in [0, 0.1) is 10.1 Å². The standard InChI is InChI=1S/C10H6NO2S/c12-11(13)9-6-5-7-3-1-2-4-8(7)10(9)14/h1-6H. The Labute approximate surface area is 85.9 Å². The lowest BCUT2D eigenvalue weighted by molar-refractivity contribution is -0.387. The zero-order chi connectivity index (χ0) is 10.1. The van der Waals surface area contributed by atoms with Crippen molar-refractivity contribution in [2.75, 3.05) is 0 Å². The first-order chi connectivity index (χ1) is 6.70. The summed E-state index contributed by atoms with van der Waals surface area (Å²) < 4.78 is 0. The Morgan fingerprint density at radius 1 is 1.14 bits per heavy atom. The lowest BCUT2D eigenvalue weighted by Crippen LogP contribution is -1.89. The Hall–Kier alpha value is -1.68. The van der Waals surface area contributed by atoms with Crippen LogP contribution in [0.1, 0.15) is 0 Å². The van der Waals surface area contributed by atoms with Crippen LogP contribution in [-0.4, -0.2) is 4.92 Å². The van der Waals surface area contributed by atoms with Gasteiger partial charge in [-0.1, -0.05) is 36.9 Å². The van der Waals surface area contributed by atoms with E-state index in [1.54, 1.807) is 12.1 Å². The molecule has 0 amide bonds. The second kappa shape index (κ2) is 3.23. The molecule has 0 aromatic heterocycles. The van der Waals surface area contributed by atoms with E-state index in [4.69, 9.17) is 12.6 Å². The molecule has 2 aromatic carbocycles. The number of rotatable bonds is 1. The van der Waals surface area contributed by atoms with Crippen LogP contribution in [0.2, 0.25) is 0 Å². The number of hydrogen-bond acceptors (Lipinski definition) is 2. The Bertz CT molecular complexity index is 510. The van der Waals surface area contributed by atoms with Gasteiger partial charge in [0, 0.05) is 11.5 Å². The number of nitrogens with zero attached hydrogens (tertiary/aromatic N) is 1. The van der Waals surface area contributed by atoms with E-state index >= 15 is 0 Å². The number of benzene rings is 2. The van der Waals surface area contributed by atoms with Crippen LogP contribution in [0.4, 0.5) is 5.69 Å². The highest BCUT2D eigenvalue weighted by atomic mass is 32.1. The maximum absolute atomic E-state index is 10.6. The molecule has 0 unspecified atom stereocenters. The molecule has 1 radical (unpaired) electrons. The van der Waals surface area contributed by atoms with E-state index < -0.39 is 4.92 Å². The molecule has 0 aliphatic heterocycles. The van der Waals surface area contributed by atoms with Gasteiger partial charge in [0.25, 0.3) is 5.69 Å². The highest BCUT2D eigenvalue weighted by molar-refractivity contribution is 7.80. The SMILES string of the molecule is O=[N+]([O-])c1ccc2ccccc2c1[S]. The summed E-state index contributed by atoms with van der Waals surface area (Å²) >= 11 is 5.03. The van der Waals surface area contributed by atoms with Gasteiger partial charge in [0.1, 0.15) is 4.90 Å². The molecule has 0 fully saturated rings. The van der Waals surface area contributed by atoms with Crippen LogP contribution in [-0.2, 0) is 0 Å². The van der Waals surface area contributed by atoms with Crippen molar-refractivity contribution in [3.05, 3.63) is 46.5 Å². The van der Waals surface area contributed by atoms with E-state index in [2.05, 4.69) is 0 Å². The molecule has 69 valence electrons. The van der Waals surface area contributed by atoms with E-state index in [0.717, 1.165) is 10.8 Å². The number of fused-ring (bicyclic) bond motifs is 1. The fraction of sp³-hybridized carbons (Fsp3) is 0. The minimum absolute atomic E-state index is 0.00120. The van der Waals surface area contributed by atoms with Gasteiger partial charge in [-0.25, -0.2) is 0 Å². The highest BCUT2D eigenvalue weighted by Crippen LogP contribution is 2.30. The van der Waals surface area contributed by atoms with Crippen LogP contribution in [0.3, 0.4) is 0 Å². The van der Waals surface area contributed by atoms with E-state index in [0.29, 0.717) is 4.90 Å². The molecule has 0 atom stereocenters. The number of nitro groups is 1. The summed E-state index contributed by atoms with van der Waals surface area (Å²) in [6.45, 7) is 0. The predicted molar refractivity (Wildman–Crippen MR) is 56.5 cm³/mol. The fourth-order valence-corrected chi connectivity index (χ4v) is 1.70. The Morgan fingerprint density at radius 2 is 1.86 bits per heavy atom. The second-order valence-electron chi connectivity index (χ2n) is 2.89. The van der Waals surface area contributed by atoms with Gasteiger partial charge in [0.15, 0.2) is 0 Å². The third-order valence-electron chi connectivity index (χ3n) is 2.06. The maximum atomic E-state index is 10.6. The normalized spacial score (nSPS) is 10.3. The van der Waals surface area contributed by atoms with Crippen molar-refractivity contribution < 1.29 is 4.92 Å². The molecule has 0 saturated carbocycles. The average Bonchev–Trinajstić information content (AvgIpc) is 2.18. The third-order valence-corrected chi connectivity index (χ3v) is 2.48. The predicted octanol–water partition coefficient (Wildman–Crippen LogP) is 3.30. The topological polar surface area (TPSA) is 43.1 Å². The van der Waals surface area contributed by atoms with Crippen molar-refractivity contribution >= 4 is 29.1 Å². The Balaban J connectivity index is 2.81. The van der Waals surface area contributed by atoms with Crippen molar-refractivity contribution in [3.8, 4) is 0 Å². The first-order valence-electron chi connectivity index (χ1n) is 4.03. The van der Waals surface area contributed by atoms with Crippen LogP contribution >= 0.6 is 12.6 Å². The molecule has 0 N–H and O–H groups in total. The zero-order valence-corrected chi connectivity index (χ0v) is 7.95. The quantitative estimate of drug-likeness (QED) is 0.528. The average molecular weight is 204 g/mol. The van der Waals surface area contributed by atoms with Crippen LogP contribution in [0.5, 0.6) is 0 Å². The summed E-state index contributed by atoms with van der Waals surface area (Å²) in [5, 5.41) is 12.3. The van der Waals surface area contributed by atoms with Gasteiger partial charge in [-0.05, 0) is 11.5 Å². The third kappa shape index (κ3) is 1.29. The molecular formula is C10H6NO2S. The van der Waals surface area contributed by atoms with Crippen LogP contribution in [0.15, 0.2) is 41.3 Å². The molecule has 2 rings (SSSR count). The first-order valence-corrected chi connectivity index (χ1v) is 4.44. The minimum atomic E-state index is -0.450. The van der Waals surface area contributed by atoms with Crippen molar-refractivity contribution in [2.45, 2.75) is 4.90 Å². The number of hydrogen-bond donors (Lipinski definition) is 0. The van der Waals surface area contributed by atoms with E-state index in [1.165, 1.54) is 6.07 Å². The molecule has 0 bridgehead atoms. The summed E-state index contributed by atoms with van der Waals surface area (Å²) in [7, 11) is 0. The molecule has 0 saturated heterocycles. The van der Waals surface area contributed by atoms with E-state index in [1.807, 2.05) is 18.2 Å². The molecule has 2 aromatic rings. The van der Waals surface area contributed by atoms with Gasteiger partial charge in [-0.2, -0.15) is 0 Å². The summed E-state index contributed by atoms with van der Waals surface area (Å²) in [4.78, 5) is 10.5. The van der Waals surface area contributed by atoms with Gasteiger partial charge in [-0.3, -0.25) is 10.1 Å². The highest BCUT2D eigenvalue weighted by Gasteiger charge is 2.13. The Morgan fingerprint density at radius 3 is 2.57 bits per heavy atom. The first kappa shape index (κ1) is 8.90. The monoisotopic (exact) mass is 204 g/mol. The summed E-state index contributed by atoms with van der Waals surface area (Å²) in [5.74, 6) is 0. The fourth-order valence-electron chi connectivity index (χ4n) is 1.38.